The summed E-state index contributed by atoms with van der Waals surface area (Å²) in [5.74, 6) is -1.72. The molecular weight excluding hydrogens is 400 g/mol. The highest BCUT2D eigenvalue weighted by Gasteiger charge is 2.76. The highest BCUT2D eigenvalue weighted by atomic mass is 16.6. The van der Waals surface area contributed by atoms with Crippen molar-refractivity contribution in [2.75, 3.05) is 0 Å². The SMILES string of the molecule is C=C1[C@@H]2C[C@H](O)[C@H]3[C@]4(C)CC[C@H](OC(C)=O)C(C)(C)[C@H]4[C@@H](OC(C)=O)[C@H](O)[C@]3(C2)[C@@H]1O. The van der Waals surface area contributed by atoms with Gasteiger partial charge in [0, 0.05) is 36.5 Å². The molecule has 7 nitrogen and oxygen atoms in total. The van der Waals surface area contributed by atoms with Crippen LogP contribution in [0.25, 0.3) is 0 Å². The summed E-state index contributed by atoms with van der Waals surface area (Å²) in [6, 6.07) is 0. The van der Waals surface area contributed by atoms with Crippen molar-refractivity contribution in [3.8, 4) is 0 Å². The van der Waals surface area contributed by atoms with Gasteiger partial charge in [0.25, 0.3) is 0 Å². The maximum absolute atomic E-state index is 12.1. The highest BCUT2D eigenvalue weighted by Crippen LogP contribution is 2.72. The molecule has 4 aliphatic carbocycles. The molecule has 4 aliphatic rings. The normalized spacial score (nSPS) is 50.3. The van der Waals surface area contributed by atoms with Crippen LogP contribution in [0, 0.1) is 34.0 Å². The third kappa shape index (κ3) is 2.89. The number of fused-ring (bicyclic) bond motifs is 3. The molecule has 0 radical (unpaired) electrons. The lowest BCUT2D eigenvalue weighted by molar-refractivity contribution is -0.300. The molecule has 31 heavy (non-hydrogen) atoms. The van der Waals surface area contributed by atoms with E-state index in [2.05, 4.69) is 13.5 Å². The number of esters is 2. The van der Waals surface area contributed by atoms with Crippen LogP contribution < -0.4 is 0 Å². The largest absolute Gasteiger partial charge is 0.462 e. The first-order valence-corrected chi connectivity index (χ1v) is 11.4. The van der Waals surface area contributed by atoms with Gasteiger partial charge in [-0.15, -0.1) is 0 Å². The summed E-state index contributed by atoms with van der Waals surface area (Å²) in [6.07, 6.45) is -1.90. The molecule has 10 atom stereocenters. The molecule has 0 unspecified atom stereocenters. The van der Waals surface area contributed by atoms with E-state index in [0.29, 0.717) is 31.3 Å². The zero-order valence-corrected chi connectivity index (χ0v) is 19.1. The second kappa shape index (κ2) is 7.03. The van der Waals surface area contributed by atoms with Crippen molar-refractivity contribution >= 4 is 11.9 Å². The lowest BCUT2D eigenvalue weighted by Gasteiger charge is -2.68. The van der Waals surface area contributed by atoms with Crippen molar-refractivity contribution in [2.24, 2.45) is 34.0 Å². The first-order chi connectivity index (χ1) is 14.3. The third-order valence-electron chi connectivity index (χ3n) is 9.27. The topological polar surface area (TPSA) is 113 Å². The predicted molar refractivity (Wildman–Crippen MR) is 112 cm³/mol. The maximum Gasteiger partial charge on any atom is 0.303 e. The fourth-order valence-corrected chi connectivity index (χ4v) is 8.47. The van der Waals surface area contributed by atoms with Gasteiger partial charge in [0.2, 0.25) is 0 Å². The zero-order chi connectivity index (χ0) is 23.1. The molecule has 4 saturated carbocycles. The molecular formula is C24H36O7. The molecule has 0 aliphatic heterocycles. The average molecular weight is 437 g/mol. The molecule has 0 heterocycles. The Morgan fingerprint density at radius 1 is 1.03 bits per heavy atom. The van der Waals surface area contributed by atoms with E-state index in [9.17, 15) is 24.9 Å². The first-order valence-electron chi connectivity index (χ1n) is 11.4. The Morgan fingerprint density at radius 2 is 1.65 bits per heavy atom. The second-order valence-electron chi connectivity index (χ2n) is 11.2. The van der Waals surface area contributed by atoms with Crippen LogP contribution in [0.2, 0.25) is 0 Å². The molecule has 7 heteroatoms. The lowest BCUT2D eigenvalue weighted by Crippen LogP contribution is -2.74. The molecule has 1 spiro atoms. The van der Waals surface area contributed by atoms with Gasteiger partial charge in [-0.3, -0.25) is 9.59 Å². The smallest absolute Gasteiger partial charge is 0.303 e. The quantitative estimate of drug-likeness (QED) is 0.448. The van der Waals surface area contributed by atoms with E-state index >= 15 is 0 Å². The van der Waals surface area contributed by atoms with E-state index in [1.54, 1.807) is 0 Å². The monoisotopic (exact) mass is 436 g/mol. The van der Waals surface area contributed by atoms with Crippen LogP contribution in [0.15, 0.2) is 12.2 Å². The average Bonchev–Trinajstić information content (AvgIpc) is 2.83. The number of hydrogen-bond acceptors (Lipinski definition) is 7. The molecule has 0 aromatic carbocycles. The van der Waals surface area contributed by atoms with E-state index < -0.39 is 58.7 Å². The molecule has 4 fully saturated rings. The van der Waals surface area contributed by atoms with Crippen LogP contribution in [0.4, 0.5) is 0 Å². The summed E-state index contributed by atoms with van der Waals surface area (Å²) >= 11 is 0. The molecule has 0 amide bonds. The van der Waals surface area contributed by atoms with Crippen molar-refractivity contribution in [2.45, 2.75) is 90.8 Å². The molecule has 0 aromatic rings. The van der Waals surface area contributed by atoms with Crippen LogP contribution in [0.3, 0.4) is 0 Å². The first kappa shape index (κ1) is 22.7. The number of rotatable bonds is 2. The van der Waals surface area contributed by atoms with Crippen molar-refractivity contribution in [3.63, 3.8) is 0 Å². The summed E-state index contributed by atoms with van der Waals surface area (Å²) in [6.45, 7) is 12.8. The summed E-state index contributed by atoms with van der Waals surface area (Å²) in [4.78, 5) is 23.9. The van der Waals surface area contributed by atoms with Gasteiger partial charge in [-0.2, -0.15) is 0 Å². The van der Waals surface area contributed by atoms with Crippen LogP contribution in [0.5, 0.6) is 0 Å². The molecule has 0 aromatic heterocycles. The Labute approximate surface area is 183 Å². The number of hydrogen-bond donors (Lipinski definition) is 3. The molecule has 174 valence electrons. The van der Waals surface area contributed by atoms with Gasteiger partial charge in [0.1, 0.15) is 18.3 Å². The van der Waals surface area contributed by atoms with Gasteiger partial charge in [-0.05, 0) is 42.6 Å². The van der Waals surface area contributed by atoms with Crippen molar-refractivity contribution in [1.29, 1.82) is 0 Å². The highest BCUT2D eigenvalue weighted by molar-refractivity contribution is 5.67. The van der Waals surface area contributed by atoms with Crippen molar-refractivity contribution in [1.82, 2.24) is 0 Å². The van der Waals surface area contributed by atoms with Gasteiger partial charge in [0.05, 0.1) is 12.2 Å². The van der Waals surface area contributed by atoms with Crippen LogP contribution in [-0.2, 0) is 19.1 Å². The number of aliphatic hydroxyl groups excluding tert-OH is 3. The van der Waals surface area contributed by atoms with Gasteiger partial charge < -0.3 is 24.8 Å². The summed E-state index contributed by atoms with van der Waals surface area (Å²) in [5.41, 5.74) is -1.54. The molecule has 3 N–H and O–H groups in total. The van der Waals surface area contributed by atoms with Gasteiger partial charge in [0.15, 0.2) is 0 Å². The Bertz CT molecular complexity index is 806. The van der Waals surface area contributed by atoms with Gasteiger partial charge in [-0.25, -0.2) is 0 Å². The minimum atomic E-state index is -1.17. The summed E-state index contributed by atoms with van der Waals surface area (Å²) < 4.78 is 11.5. The number of aliphatic hydroxyl groups is 3. The van der Waals surface area contributed by atoms with Gasteiger partial charge >= 0.3 is 11.9 Å². The van der Waals surface area contributed by atoms with Crippen molar-refractivity contribution in [3.05, 3.63) is 12.2 Å². The van der Waals surface area contributed by atoms with E-state index in [4.69, 9.17) is 9.47 Å². The van der Waals surface area contributed by atoms with Crippen LogP contribution in [0.1, 0.15) is 60.3 Å². The minimum absolute atomic E-state index is 0.0700. The van der Waals surface area contributed by atoms with Crippen molar-refractivity contribution < 1.29 is 34.4 Å². The van der Waals surface area contributed by atoms with E-state index in [1.807, 2.05) is 13.8 Å². The Kier molecular flexibility index (Phi) is 5.16. The minimum Gasteiger partial charge on any atom is -0.462 e. The molecule has 2 bridgehead atoms. The fraction of sp³-hybridized carbons (Fsp3) is 0.833. The second-order valence-corrected chi connectivity index (χ2v) is 11.2. The predicted octanol–water partition coefficient (Wildman–Crippen LogP) is 1.97. The maximum atomic E-state index is 12.1. The molecule has 4 rings (SSSR count). The van der Waals surface area contributed by atoms with E-state index in [1.165, 1.54) is 13.8 Å². The van der Waals surface area contributed by atoms with E-state index in [-0.39, 0.29) is 17.8 Å². The van der Waals surface area contributed by atoms with Gasteiger partial charge in [-0.1, -0.05) is 27.4 Å². The van der Waals surface area contributed by atoms with Crippen LogP contribution in [-0.4, -0.2) is 57.8 Å². The van der Waals surface area contributed by atoms with E-state index in [0.717, 1.165) is 0 Å². The Morgan fingerprint density at radius 3 is 2.23 bits per heavy atom. The fourth-order valence-electron chi connectivity index (χ4n) is 8.47. The third-order valence-corrected chi connectivity index (χ3v) is 9.27. The number of carbonyl (C=O) groups excluding carboxylic acids is 2. The number of ether oxygens (including phenoxy) is 2. The summed E-state index contributed by atoms with van der Waals surface area (Å²) in [7, 11) is 0. The van der Waals surface area contributed by atoms with Crippen LogP contribution >= 0.6 is 0 Å². The Balaban J connectivity index is 1.89. The lowest BCUT2D eigenvalue weighted by atomic mass is 9.38. The Hall–Kier alpha value is -1.44. The summed E-state index contributed by atoms with van der Waals surface area (Å²) in [5, 5.41) is 34.4. The number of carbonyl (C=O) groups is 2. The standard InChI is InChI=1S/C24H36O7/c1-11-14-9-15(27)18-23(6)8-7-16(30-12(2)25)22(4,5)19(23)17(31-13(3)26)21(29)24(18,10-14)20(11)28/h14-21,27-29H,1,7-10H2,2-6H3/t14-,15+,16+,17-,18+,19-,20-,21+,23+,24+/m1/s1. The molecule has 0 saturated heterocycles. The zero-order valence-electron chi connectivity index (χ0n) is 19.1.